The maximum absolute atomic E-state index is 13.4. The number of carbonyl (C=O) groups is 2. The molecule has 2 aliphatic rings. The second-order valence-corrected chi connectivity index (χ2v) is 10.0. The molecule has 188 valence electrons. The average Bonchev–Trinajstić information content (AvgIpc) is 3.33. The van der Waals surface area contributed by atoms with Gasteiger partial charge < -0.3 is 19.9 Å². The Morgan fingerprint density at radius 2 is 1.78 bits per heavy atom. The second-order valence-electron chi connectivity index (χ2n) is 9.15. The number of nitrogens with zero attached hydrogens (tertiary/aromatic N) is 4. The number of pyridine rings is 1. The van der Waals surface area contributed by atoms with Crippen molar-refractivity contribution in [3.05, 3.63) is 65.2 Å². The fraction of sp³-hybridized carbons (Fsp3) is 0.407. The molecule has 1 unspecified atom stereocenters. The predicted octanol–water partition coefficient (Wildman–Crippen LogP) is 3.39. The summed E-state index contributed by atoms with van der Waals surface area (Å²) in [5.41, 5.74) is 1.87. The normalized spacial score (nSPS) is 19.1. The largest absolute Gasteiger partial charge is 0.484 e. The molecule has 1 N–H and O–H groups in total. The number of thiazole rings is 1. The number of hydrogen-bond acceptors (Lipinski definition) is 7. The summed E-state index contributed by atoms with van der Waals surface area (Å²) in [7, 11) is 0. The maximum Gasteiger partial charge on any atom is 0.261 e. The van der Waals surface area contributed by atoms with Crippen molar-refractivity contribution in [2.24, 2.45) is 5.92 Å². The lowest BCUT2D eigenvalue weighted by Gasteiger charge is -2.29. The van der Waals surface area contributed by atoms with Crippen LogP contribution in [0.5, 0.6) is 5.75 Å². The Morgan fingerprint density at radius 3 is 2.56 bits per heavy atom. The molecule has 0 saturated carbocycles. The molecular weight excluding hydrogens is 474 g/mol. The number of rotatable bonds is 6. The van der Waals surface area contributed by atoms with E-state index >= 15 is 0 Å². The molecule has 9 heteroatoms. The van der Waals surface area contributed by atoms with Crippen LogP contribution in [0.15, 0.2) is 60.2 Å². The first-order chi connectivity index (χ1) is 17.7. The predicted molar refractivity (Wildman–Crippen MR) is 139 cm³/mol. The fourth-order valence-electron chi connectivity index (χ4n) is 4.87. The Hall–Kier alpha value is -3.30. The zero-order valence-corrected chi connectivity index (χ0v) is 21.0. The van der Waals surface area contributed by atoms with Gasteiger partial charge in [0.1, 0.15) is 10.8 Å². The number of ether oxygens (including phenoxy) is 1. The van der Waals surface area contributed by atoms with Gasteiger partial charge in [-0.05, 0) is 56.6 Å². The van der Waals surface area contributed by atoms with E-state index in [0.29, 0.717) is 31.8 Å². The van der Waals surface area contributed by atoms with Crippen LogP contribution in [0, 0.1) is 5.92 Å². The summed E-state index contributed by atoms with van der Waals surface area (Å²) in [6.07, 6.45) is 5.89. The van der Waals surface area contributed by atoms with Crippen molar-refractivity contribution in [2.45, 2.75) is 25.3 Å². The third-order valence-electron chi connectivity index (χ3n) is 6.87. The molecule has 0 spiro atoms. The van der Waals surface area contributed by atoms with Gasteiger partial charge in [-0.25, -0.2) is 4.98 Å². The smallest absolute Gasteiger partial charge is 0.261 e. The minimum absolute atomic E-state index is 0.0503. The third kappa shape index (κ3) is 5.74. The van der Waals surface area contributed by atoms with Crippen LogP contribution in [0.3, 0.4) is 0 Å². The van der Waals surface area contributed by atoms with Crippen LogP contribution in [0.2, 0.25) is 0 Å². The van der Waals surface area contributed by atoms with Crippen molar-refractivity contribution >= 4 is 23.2 Å². The molecule has 1 aromatic carbocycles. The highest BCUT2D eigenvalue weighted by Crippen LogP contribution is 2.33. The summed E-state index contributed by atoms with van der Waals surface area (Å²) in [5, 5.41) is 6.24. The third-order valence-corrected chi connectivity index (χ3v) is 7.81. The zero-order chi connectivity index (χ0) is 24.7. The summed E-state index contributed by atoms with van der Waals surface area (Å²) in [6, 6.07) is 13.0. The van der Waals surface area contributed by atoms with Gasteiger partial charge in [0.2, 0.25) is 5.91 Å². The second kappa shape index (κ2) is 11.6. The number of hydrogen-bond donors (Lipinski definition) is 1. The van der Waals surface area contributed by atoms with E-state index in [9.17, 15) is 9.59 Å². The van der Waals surface area contributed by atoms with Gasteiger partial charge in [0.15, 0.2) is 6.61 Å². The van der Waals surface area contributed by atoms with Crippen LogP contribution in [0.4, 0.5) is 0 Å². The van der Waals surface area contributed by atoms with Crippen molar-refractivity contribution in [3.63, 3.8) is 0 Å². The molecule has 2 amide bonds. The van der Waals surface area contributed by atoms with Gasteiger partial charge in [-0.3, -0.25) is 14.6 Å². The Bertz CT molecular complexity index is 1150. The van der Waals surface area contributed by atoms with Gasteiger partial charge in [0, 0.05) is 48.9 Å². The first-order valence-electron chi connectivity index (χ1n) is 12.5. The molecular formula is C27H31N5O3S. The zero-order valence-electron chi connectivity index (χ0n) is 20.2. The van der Waals surface area contributed by atoms with Gasteiger partial charge in [-0.15, -0.1) is 11.3 Å². The van der Waals surface area contributed by atoms with E-state index in [1.165, 1.54) is 0 Å². The lowest BCUT2D eigenvalue weighted by atomic mass is 9.96. The van der Waals surface area contributed by atoms with Crippen molar-refractivity contribution in [3.8, 4) is 17.0 Å². The summed E-state index contributed by atoms with van der Waals surface area (Å²) < 4.78 is 5.79. The van der Waals surface area contributed by atoms with Crippen molar-refractivity contribution in [1.82, 2.24) is 25.1 Å². The molecule has 0 bridgehead atoms. The Labute approximate surface area is 215 Å². The molecule has 2 fully saturated rings. The van der Waals surface area contributed by atoms with Crippen LogP contribution >= 0.6 is 11.3 Å². The fourth-order valence-corrected chi connectivity index (χ4v) is 5.85. The molecule has 8 nitrogen and oxygen atoms in total. The van der Waals surface area contributed by atoms with E-state index < -0.39 is 0 Å². The van der Waals surface area contributed by atoms with Crippen LogP contribution in [-0.4, -0.2) is 70.9 Å². The van der Waals surface area contributed by atoms with Gasteiger partial charge in [-0.1, -0.05) is 18.2 Å². The number of para-hydroxylation sites is 1. The van der Waals surface area contributed by atoms with Crippen LogP contribution in [0.25, 0.3) is 11.3 Å². The molecule has 2 saturated heterocycles. The minimum Gasteiger partial charge on any atom is -0.484 e. The number of nitrogens with one attached hydrogen (secondary N) is 1. The number of carbonyl (C=O) groups excluding carboxylic acids is 2. The lowest BCUT2D eigenvalue weighted by Crippen LogP contribution is -2.43. The number of benzene rings is 1. The molecule has 5 rings (SSSR count). The van der Waals surface area contributed by atoms with E-state index in [0.717, 1.165) is 42.2 Å². The Kier molecular flexibility index (Phi) is 7.88. The van der Waals surface area contributed by atoms with Gasteiger partial charge in [0.25, 0.3) is 5.91 Å². The van der Waals surface area contributed by atoms with Gasteiger partial charge >= 0.3 is 0 Å². The quantitative estimate of drug-likeness (QED) is 0.553. The molecule has 4 heterocycles. The molecule has 2 aromatic heterocycles. The molecule has 36 heavy (non-hydrogen) atoms. The SMILES string of the molecule is O=C(C1CCNCC1)N1CCC(c2nc(-c3ccncc3)cs2)N(C(=O)COc2ccccc2)CC1. The van der Waals surface area contributed by atoms with Crippen molar-refractivity contribution in [2.75, 3.05) is 39.3 Å². The Morgan fingerprint density at radius 1 is 1.00 bits per heavy atom. The van der Waals surface area contributed by atoms with Gasteiger partial charge in [-0.2, -0.15) is 0 Å². The number of amides is 2. The topological polar surface area (TPSA) is 87.7 Å². The minimum atomic E-state index is -0.205. The average molecular weight is 506 g/mol. The summed E-state index contributed by atoms with van der Waals surface area (Å²) in [5.74, 6) is 0.836. The molecule has 2 aliphatic heterocycles. The summed E-state index contributed by atoms with van der Waals surface area (Å²) >= 11 is 1.56. The number of aromatic nitrogens is 2. The number of piperidine rings is 1. The summed E-state index contributed by atoms with van der Waals surface area (Å²) in [4.78, 5) is 39.5. The van der Waals surface area contributed by atoms with Crippen LogP contribution in [0.1, 0.15) is 30.3 Å². The first kappa shape index (κ1) is 24.4. The van der Waals surface area contributed by atoms with Crippen LogP contribution < -0.4 is 10.1 Å². The highest BCUT2D eigenvalue weighted by atomic mass is 32.1. The molecule has 0 aliphatic carbocycles. The van der Waals surface area contributed by atoms with Crippen molar-refractivity contribution in [1.29, 1.82) is 0 Å². The maximum atomic E-state index is 13.4. The standard InChI is InChI=1S/C27H31N5O3S/c33-25(18-35-22-4-2-1-3-5-22)32-17-16-31(27(34)21-8-13-29-14-9-21)15-10-24(32)26-30-23(19-36-26)20-6-11-28-12-7-20/h1-7,11-12,19,21,24,29H,8-10,13-18H2. The van der Waals surface area contributed by atoms with E-state index in [2.05, 4.69) is 10.3 Å². The van der Waals surface area contributed by atoms with E-state index in [-0.39, 0.29) is 30.4 Å². The monoisotopic (exact) mass is 505 g/mol. The van der Waals surface area contributed by atoms with E-state index in [1.807, 2.05) is 57.6 Å². The lowest BCUT2D eigenvalue weighted by molar-refractivity contribution is -0.138. The van der Waals surface area contributed by atoms with Crippen LogP contribution in [-0.2, 0) is 9.59 Å². The van der Waals surface area contributed by atoms with Crippen molar-refractivity contribution < 1.29 is 14.3 Å². The molecule has 3 aromatic rings. The highest BCUT2D eigenvalue weighted by molar-refractivity contribution is 7.10. The highest BCUT2D eigenvalue weighted by Gasteiger charge is 2.34. The van der Waals surface area contributed by atoms with E-state index in [1.54, 1.807) is 23.7 Å². The molecule has 1 atom stereocenters. The first-order valence-corrected chi connectivity index (χ1v) is 13.4. The Balaban J connectivity index is 1.35. The summed E-state index contributed by atoms with van der Waals surface area (Å²) in [6.45, 7) is 3.31. The van der Waals surface area contributed by atoms with Gasteiger partial charge in [0.05, 0.1) is 11.7 Å². The molecule has 0 radical (unpaired) electrons. The van der Waals surface area contributed by atoms with E-state index in [4.69, 9.17) is 9.72 Å².